The maximum atomic E-state index is 5.82. The van der Waals surface area contributed by atoms with Crippen molar-refractivity contribution in [1.82, 2.24) is 10.6 Å². The Balaban J connectivity index is 1.62. The highest BCUT2D eigenvalue weighted by Gasteiger charge is 2.18. The van der Waals surface area contributed by atoms with Crippen LogP contribution in [0.2, 0.25) is 0 Å². The van der Waals surface area contributed by atoms with E-state index in [1.54, 1.807) is 0 Å². The number of nitrogens with two attached hydrogens (primary N) is 1. The van der Waals surface area contributed by atoms with E-state index in [2.05, 4.69) is 29.7 Å². The van der Waals surface area contributed by atoms with Crippen LogP contribution in [-0.4, -0.2) is 30.7 Å². The highest BCUT2D eigenvalue weighted by molar-refractivity contribution is 5.04. The van der Waals surface area contributed by atoms with Crippen LogP contribution in [0.1, 0.15) is 39.0 Å². The van der Waals surface area contributed by atoms with Gasteiger partial charge in [0.2, 0.25) is 0 Å². The summed E-state index contributed by atoms with van der Waals surface area (Å²) in [6.07, 6.45) is 10.8. The zero-order chi connectivity index (χ0) is 11.4. The van der Waals surface area contributed by atoms with Crippen LogP contribution in [0.4, 0.5) is 0 Å². The Morgan fingerprint density at radius 2 is 2.06 bits per heavy atom. The maximum absolute atomic E-state index is 5.82. The first-order chi connectivity index (χ1) is 7.74. The van der Waals surface area contributed by atoms with Crippen molar-refractivity contribution in [2.75, 3.05) is 6.54 Å². The van der Waals surface area contributed by atoms with Crippen molar-refractivity contribution in [3.63, 3.8) is 0 Å². The fourth-order valence-electron chi connectivity index (χ4n) is 2.36. The van der Waals surface area contributed by atoms with E-state index >= 15 is 0 Å². The smallest absolute Gasteiger partial charge is 0.0254 e. The zero-order valence-corrected chi connectivity index (χ0v) is 10.3. The van der Waals surface area contributed by atoms with Crippen LogP contribution in [0.25, 0.3) is 0 Å². The summed E-state index contributed by atoms with van der Waals surface area (Å²) in [7, 11) is 0. The summed E-state index contributed by atoms with van der Waals surface area (Å²) < 4.78 is 0. The number of rotatable bonds is 5. The molecule has 0 aromatic heterocycles. The molecular formula is C13H25N3. The van der Waals surface area contributed by atoms with Gasteiger partial charge in [0, 0.05) is 30.7 Å². The van der Waals surface area contributed by atoms with Gasteiger partial charge in [0.25, 0.3) is 0 Å². The third-order valence-electron chi connectivity index (χ3n) is 3.72. The minimum absolute atomic E-state index is 0.279. The van der Waals surface area contributed by atoms with E-state index in [4.69, 9.17) is 5.73 Å². The van der Waals surface area contributed by atoms with E-state index in [0.29, 0.717) is 12.1 Å². The van der Waals surface area contributed by atoms with Crippen LogP contribution in [-0.2, 0) is 0 Å². The second kappa shape index (κ2) is 5.80. The van der Waals surface area contributed by atoms with Crippen molar-refractivity contribution >= 4 is 0 Å². The molecule has 3 heteroatoms. The summed E-state index contributed by atoms with van der Waals surface area (Å²) in [6, 6.07) is 2.14. The highest BCUT2D eigenvalue weighted by atomic mass is 15.0. The molecule has 4 N–H and O–H groups in total. The highest BCUT2D eigenvalue weighted by Crippen LogP contribution is 2.17. The Bertz CT molecular complexity index is 235. The fourth-order valence-corrected chi connectivity index (χ4v) is 2.36. The SMILES string of the molecule is C[C@@H](CNC1CCC1)NC1C=CC(N)CC1. The van der Waals surface area contributed by atoms with Gasteiger partial charge in [-0.15, -0.1) is 0 Å². The standard InChI is InChI=1S/C13H25N3/c1-10(9-15-12-3-2-4-12)16-13-7-5-11(14)6-8-13/h5,7,10-13,15-16H,2-4,6,8-9,14H2,1H3/t10-,11?,13?/m0/s1. The van der Waals surface area contributed by atoms with Gasteiger partial charge in [-0.3, -0.25) is 0 Å². The monoisotopic (exact) mass is 223 g/mol. The van der Waals surface area contributed by atoms with E-state index in [-0.39, 0.29) is 6.04 Å². The summed E-state index contributed by atoms with van der Waals surface area (Å²) in [6.45, 7) is 3.34. The molecule has 1 saturated carbocycles. The van der Waals surface area contributed by atoms with Gasteiger partial charge in [0.05, 0.1) is 0 Å². The molecule has 0 bridgehead atoms. The van der Waals surface area contributed by atoms with Crippen LogP contribution in [0, 0.1) is 0 Å². The molecule has 0 aliphatic heterocycles. The molecule has 3 atom stereocenters. The molecule has 0 spiro atoms. The summed E-state index contributed by atoms with van der Waals surface area (Å²) in [5.74, 6) is 0. The molecule has 0 amide bonds. The van der Waals surface area contributed by atoms with Crippen molar-refractivity contribution < 1.29 is 0 Å². The van der Waals surface area contributed by atoms with Crippen molar-refractivity contribution in [3.8, 4) is 0 Å². The number of nitrogens with one attached hydrogen (secondary N) is 2. The van der Waals surface area contributed by atoms with Crippen LogP contribution >= 0.6 is 0 Å². The first-order valence-corrected chi connectivity index (χ1v) is 6.67. The number of hydrogen-bond acceptors (Lipinski definition) is 3. The van der Waals surface area contributed by atoms with E-state index < -0.39 is 0 Å². The molecule has 2 aliphatic rings. The Labute approximate surface area is 98.9 Å². The predicted octanol–water partition coefficient (Wildman–Crippen LogP) is 1.15. The van der Waals surface area contributed by atoms with Gasteiger partial charge in [0.15, 0.2) is 0 Å². The molecule has 16 heavy (non-hydrogen) atoms. The van der Waals surface area contributed by atoms with Crippen LogP contribution in [0.3, 0.4) is 0 Å². The normalized spacial score (nSPS) is 32.4. The van der Waals surface area contributed by atoms with Gasteiger partial charge in [-0.1, -0.05) is 18.6 Å². The summed E-state index contributed by atoms with van der Waals surface area (Å²) in [4.78, 5) is 0. The van der Waals surface area contributed by atoms with Crippen LogP contribution in [0.15, 0.2) is 12.2 Å². The average molecular weight is 223 g/mol. The zero-order valence-electron chi connectivity index (χ0n) is 10.3. The van der Waals surface area contributed by atoms with Gasteiger partial charge in [-0.05, 0) is 32.6 Å². The molecule has 0 heterocycles. The Kier molecular flexibility index (Phi) is 4.38. The molecule has 0 saturated heterocycles. The number of hydrogen-bond donors (Lipinski definition) is 3. The van der Waals surface area contributed by atoms with Crippen molar-refractivity contribution in [3.05, 3.63) is 12.2 Å². The Morgan fingerprint density at radius 3 is 2.62 bits per heavy atom. The quantitative estimate of drug-likeness (QED) is 0.613. The maximum Gasteiger partial charge on any atom is 0.0254 e. The lowest BCUT2D eigenvalue weighted by molar-refractivity contribution is 0.319. The van der Waals surface area contributed by atoms with Crippen molar-refractivity contribution in [1.29, 1.82) is 0 Å². The van der Waals surface area contributed by atoms with Crippen molar-refractivity contribution in [2.45, 2.75) is 63.2 Å². The molecule has 1 fully saturated rings. The molecular weight excluding hydrogens is 198 g/mol. The minimum atomic E-state index is 0.279. The lowest BCUT2D eigenvalue weighted by atomic mass is 9.93. The van der Waals surface area contributed by atoms with Crippen molar-refractivity contribution in [2.24, 2.45) is 5.73 Å². The minimum Gasteiger partial charge on any atom is -0.324 e. The predicted molar refractivity (Wildman–Crippen MR) is 68.4 cm³/mol. The summed E-state index contributed by atoms with van der Waals surface area (Å²) >= 11 is 0. The van der Waals surface area contributed by atoms with E-state index in [0.717, 1.165) is 19.0 Å². The van der Waals surface area contributed by atoms with Gasteiger partial charge < -0.3 is 16.4 Å². The van der Waals surface area contributed by atoms with Gasteiger partial charge in [-0.25, -0.2) is 0 Å². The van der Waals surface area contributed by atoms with E-state index in [1.807, 2.05) is 0 Å². The van der Waals surface area contributed by atoms with E-state index in [9.17, 15) is 0 Å². The second-order valence-electron chi connectivity index (χ2n) is 5.34. The molecule has 0 radical (unpaired) electrons. The lowest BCUT2D eigenvalue weighted by Gasteiger charge is -2.30. The largest absolute Gasteiger partial charge is 0.324 e. The summed E-state index contributed by atoms with van der Waals surface area (Å²) in [5.41, 5.74) is 5.82. The van der Waals surface area contributed by atoms with Crippen LogP contribution < -0.4 is 16.4 Å². The fraction of sp³-hybridized carbons (Fsp3) is 0.846. The first-order valence-electron chi connectivity index (χ1n) is 6.67. The average Bonchev–Trinajstić information content (AvgIpc) is 2.19. The van der Waals surface area contributed by atoms with Gasteiger partial charge in [0.1, 0.15) is 0 Å². The molecule has 3 nitrogen and oxygen atoms in total. The van der Waals surface area contributed by atoms with Crippen LogP contribution in [0.5, 0.6) is 0 Å². The third kappa shape index (κ3) is 3.58. The molecule has 2 unspecified atom stereocenters. The molecule has 92 valence electrons. The van der Waals surface area contributed by atoms with Gasteiger partial charge >= 0.3 is 0 Å². The van der Waals surface area contributed by atoms with E-state index in [1.165, 1.54) is 25.7 Å². The molecule has 0 aromatic rings. The second-order valence-corrected chi connectivity index (χ2v) is 5.34. The summed E-state index contributed by atoms with van der Waals surface area (Å²) in [5, 5.41) is 7.24. The topological polar surface area (TPSA) is 50.1 Å². The Morgan fingerprint density at radius 1 is 1.25 bits per heavy atom. The first kappa shape index (κ1) is 12.1. The molecule has 2 aliphatic carbocycles. The lowest BCUT2D eigenvalue weighted by Crippen LogP contribution is -2.47. The Hall–Kier alpha value is -0.380. The third-order valence-corrected chi connectivity index (χ3v) is 3.72. The molecule has 2 rings (SSSR count). The molecule has 0 aromatic carbocycles. The van der Waals surface area contributed by atoms with Gasteiger partial charge in [-0.2, -0.15) is 0 Å².